The maximum absolute atomic E-state index is 12.9. The van der Waals surface area contributed by atoms with Crippen molar-refractivity contribution in [2.45, 2.75) is 6.42 Å². The average Bonchev–Trinajstić information content (AvgIpc) is 2.10. The summed E-state index contributed by atoms with van der Waals surface area (Å²) in [4.78, 5) is 0. The number of hydrogen-bond acceptors (Lipinski definition) is 2. The second-order valence-electron chi connectivity index (χ2n) is 2.81. The normalized spacial score (nSPS) is 11.7. The molecule has 0 aliphatic carbocycles. The fourth-order valence-electron chi connectivity index (χ4n) is 1.02. The van der Waals surface area contributed by atoms with E-state index in [2.05, 4.69) is 0 Å². The first-order chi connectivity index (χ1) is 6.81. The molecule has 0 saturated heterocycles. The fourth-order valence-corrected chi connectivity index (χ4v) is 1.47. The van der Waals surface area contributed by atoms with E-state index < -0.39 is 45.4 Å². The van der Waals surface area contributed by atoms with E-state index in [-0.39, 0.29) is 0 Å². The van der Waals surface area contributed by atoms with E-state index in [9.17, 15) is 25.5 Å². The molecule has 0 aliphatic heterocycles. The van der Waals surface area contributed by atoms with Crippen molar-refractivity contribution in [1.29, 1.82) is 0 Å². The van der Waals surface area contributed by atoms with Crippen LogP contribution in [0.25, 0.3) is 0 Å². The topological polar surface area (TPSA) is 34.1 Å². The van der Waals surface area contributed by atoms with Crippen LogP contribution in [0, 0.1) is 17.5 Å². The third kappa shape index (κ3) is 3.19. The van der Waals surface area contributed by atoms with Crippen molar-refractivity contribution in [3.05, 3.63) is 35.1 Å². The SMILES string of the molecule is O=S(=O)(F)CCc1c(F)ccc(F)c1F. The first kappa shape index (κ1) is 12.0. The Morgan fingerprint density at radius 2 is 1.60 bits per heavy atom. The van der Waals surface area contributed by atoms with Crippen LogP contribution in [0.2, 0.25) is 0 Å². The van der Waals surface area contributed by atoms with Gasteiger partial charge < -0.3 is 0 Å². The highest BCUT2D eigenvalue weighted by Gasteiger charge is 2.16. The zero-order valence-electron chi connectivity index (χ0n) is 7.31. The van der Waals surface area contributed by atoms with Gasteiger partial charge in [-0.1, -0.05) is 0 Å². The third-order valence-corrected chi connectivity index (χ3v) is 2.43. The Labute approximate surface area is 83.7 Å². The molecule has 0 unspecified atom stereocenters. The van der Waals surface area contributed by atoms with E-state index in [1.807, 2.05) is 0 Å². The second kappa shape index (κ2) is 4.18. The lowest BCUT2D eigenvalue weighted by molar-refractivity contribution is 0.480. The van der Waals surface area contributed by atoms with Gasteiger partial charge in [-0.05, 0) is 18.6 Å². The molecule has 1 rings (SSSR count). The molecular weight excluding hydrogens is 236 g/mol. The van der Waals surface area contributed by atoms with Gasteiger partial charge in [-0.3, -0.25) is 0 Å². The monoisotopic (exact) mass is 242 g/mol. The number of benzene rings is 1. The standard InChI is InChI=1S/C8H6F4O2S/c9-6-1-2-7(10)8(11)5(6)3-4-15(12,13)14/h1-2H,3-4H2. The summed E-state index contributed by atoms with van der Waals surface area (Å²) in [5.74, 6) is -4.97. The van der Waals surface area contributed by atoms with Crippen LogP contribution in [0.1, 0.15) is 5.56 Å². The lowest BCUT2D eigenvalue weighted by Gasteiger charge is -2.03. The van der Waals surface area contributed by atoms with E-state index in [0.717, 1.165) is 0 Å². The summed E-state index contributed by atoms with van der Waals surface area (Å²) in [6.07, 6.45) is -0.742. The van der Waals surface area contributed by atoms with Crippen LogP contribution in [-0.4, -0.2) is 14.2 Å². The first-order valence-corrected chi connectivity index (χ1v) is 5.41. The van der Waals surface area contributed by atoms with Crippen LogP contribution >= 0.6 is 0 Å². The summed E-state index contributed by atoms with van der Waals surface area (Å²) in [6.45, 7) is 0. The highest BCUT2D eigenvalue weighted by Crippen LogP contribution is 2.17. The van der Waals surface area contributed by atoms with E-state index in [1.54, 1.807) is 0 Å². The molecule has 0 spiro atoms. The molecule has 0 bridgehead atoms. The molecule has 0 heterocycles. The largest absolute Gasteiger partial charge is 0.302 e. The van der Waals surface area contributed by atoms with Crippen molar-refractivity contribution >= 4 is 10.2 Å². The molecule has 0 radical (unpaired) electrons. The smallest absolute Gasteiger partial charge is 0.207 e. The lowest BCUT2D eigenvalue weighted by Crippen LogP contribution is -2.07. The quantitative estimate of drug-likeness (QED) is 0.461. The molecule has 7 heteroatoms. The van der Waals surface area contributed by atoms with Crippen LogP contribution in [0.3, 0.4) is 0 Å². The summed E-state index contributed by atoms with van der Waals surface area (Å²) in [5.41, 5.74) is -0.767. The van der Waals surface area contributed by atoms with Gasteiger partial charge in [0.2, 0.25) is 0 Å². The summed E-state index contributed by atoms with van der Waals surface area (Å²) in [7, 11) is -4.82. The summed E-state index contributed by atoms with van der Waals surface area (Å²) in [5, 5.41) is 0. The van der Waals surface area contributed by atoms with Crippen molar-refractivity contribution in [2.75, 3.05) is 5.75 Å². The van der Waals surface area contributed by atoms with Crippen LogP contribution < -0.4 is 0 Å². The van der Waals surface area contributed by atoms with Gasteiger partial charge in [-0.25, -0.2) is 13.2 Å². The van der Waals surface area contributed by atoms with Gasteiger partial charge in [0.05, 0.1) is 5.75 Å². The maximum Gasteiger partial charge on any atom is 0.302 e. The lowest BCUT2D eigenvalue weighted by atomic mass is 10.1. The van der Waals surface area contributed by atoms with Crippen LogP contribution in [0.4, 0.5) is 17.1 Å². The zero-order valence-corrected chi connectivity index (χ0v) is 8.12. The molecule has 0 aliphatic rings. The predicted molar refractivity (Wildman–Crippen MR) is 44.9 cm³/mol. The molecule has 1 aromatic carbocycles. The molecule has 0 fully saturated rings. The molecule has 0 saturated carbocycles. The Morgan fingerprint density at radius 3 is 2.13 bits per heavy atom. The van der Waals surface area contributed by atoms with E-state index >= 15 is 0 Å². The van der Waals surface area contributed by atoms with Crippen LogP contribution in [-0.2, 0) is 16.6 Å². The van der Waals surface area contributed by atoms with Crippen LogP contribution in [0.15, 0.2) is 12.1 Å². The molecule has 0 N–H and O–H groups in total. The van der Waals surface area contributed by atoms with Gasteiger partial charge in [-0.15, -0.1) is 3.89 Å². The molecule has 0 aromatic heterocycles. The average molecular weight is 242 g/mol. The van der Waals surface area contributed by atoms with Gasteiger partial charge in [-0.2, -0.15) is 8.42 Å². The molecule has 84 valence electrons. The van der Waals surface area contributed by atoms with Crippen molar-refractivity contribution < 1.29 is 25.5 Å². The van der Waals surface area contributed by atoms with E-state index in [0.29, 0.717) is 12.1 Å². The molecule has 2 nitrogen and oxygen atoms in total. The van der Waals surface area contributed by atoms with E-state index in [1.165, 1.54) is 0 Å². The molecule has 1 aromatic rings. The number of rotatable bonds is 3. The summed E-state index contributed by atoms with van der Waals surface area (Å²) in [6, 6.07) is 1.22. The molecule has 0 atom stereocenters. The van der Waals surface area contributed by atoms with Crippen LogP contribution in [0.5, 0.6) is 0 Å². The molecule has 0 amide bonds. The van der Waals surface area contributed by atoms with Gasteiger partial charge >= 0.3 is 10.2 Å². The van der Waals surface area contributed by atoms with Crippen molar-refractivity contribution in [3.63, 3.8) is 0 Å². The highest BCUT2D eigenvalue weighted by atomic mass is 32.3. The Kier molecular flexibility index (Phi) is 3.33. The Hall–Kier alpha value is -1.11. The van der Waals surface area contributed by atoms with Gasteiger partial charge in [0.1, 0.15) is 5.82 Å². The maximum atomic E-state index is 12.9. The molecule has 15 heavy (non-hydrogen) atoms. The van der Waals surface area contributed by atoms with Gasteiger partial charge in [0, 0.05) is 5.56 Å². The highest BCUT2D eigenvalue weighted by molar-refractivity contribution is 7.86. The van der Waals surface area contributed by atoms with Crippen molar-refractivity contribution in [3.8, 4) is 0 Å². The Balaban J connectivity index is 2.99. The summed E-state index contributed by atoms with van der Waals surface area (Å²) < 4.78 is 70.7. The Bertz CT molecular complexity index is 470. The van der Waals surface area contributed by atoms with Gasteiger partial charge in [0.15, 0.2) is 11.6 Å². The predicted octanol–water partition coefficient (Wildman–Crippen LogP) is 1.95. The first-order valence-electron chi connectivity index (χ1n) is 3.86. The minimum atomic E-state index is -4.82. The zero-order chi connectivity index (χ0) is 11.6. The molecular formula is C8H6F4O2S. The van der Waals surface area contributed by atoms with Gasteiger partial charge in [0.25, 0.3) is 0 Å². The Morgan fingerprint density at radius 1 is 1.07 bits per heavy atom. The number of hydrogen-bond donors (Lipinski definition) is 0. The van der Waals surface area contributed by atoms with E-state index in [4.69, 9.17) is 0 Å². The number of halogens is 4. The second-order valence-corrected chi connectivity index (χ2v) is 4.30. The minimum absolute atomic E-state index is 0.568. The van der Waals surface area contributed by atoms with Crippen molar-refractivity contribution in [1.82, 2.24) is 0 Å². The summed E-state index contributed by atoms with van der Waals surface area (Å²) >= 11 is 0. The fraction of sp³-hybridized carbons (Fsp3) is 0.250. The third-order valence-electron chi connectivity index (χ3n) is 1.73. The minimum Gasteiger partial charge on any atom is -0.207 e. The van der Waals surface area contributed by atoms with Crippen molar-refractivity contribution in [2.24, 2.45) is 0 Å².